The minimum Gasteiger partial charge on any atom is -0.493 e. The first-order valence-corrected chi connectivity index (χ1v) is 11.8. The smallest absolute Gasteiger partial charge is 0.433 e. The van der Waals surface area contributed by atoms with Gasteiger partial charge in [-0.3, -0.25) is 0 Å². The van der Waals surface area contributed by atoms with E-state index in [1.807, 2.05) is 0 Å². The molecule has 2 aromatic carbocycles. The number of halogens is 3. The van der Waals surface area contributed by atoms with Crippen molar-refractivity contribution in [1.29, 1.82) is 0 Å². The van der Waals surface area contributed by atoms with Gasteiger partial charge in [-0.1, -0.05) is 0 Å². The van der Waals surface area contributed by atoms with Crippen LogP contribution in [0, 0.1) is 0 Å². The molecule has 0 atom stereocenters. The van der Waals surface area contributed by atoms with Gasteiger partial charge in [0.1, 0.15) is 5.69 Å². The van der Waals surface area contributed by atoms with Crippen LogP contribution in [0.1, 0.15) is 5.69 Å². The van der Waals surface area contributed by atoms with Crippen molar-refractivity contribution in [2.24, 2.45) is 0 Å². The zero-order valence-corrected chi connectivity index (χ0v) is 21.8. The highest BCUT2D eigenvalue weighted by molar-refractivity contribution is 5.73. The number of nitrogens with zero attached hydrogens (tertiary/aromatic N) is 4. The highest BCUT2D eigenvalue weighted by Gasteiger charge is 2.35. The zero-order chi connectivity index (χ0) is 28.4. The molecule has 0 amide bonds. The number of aromatic nitrogens is 4. The van der Waals surface area contributed by atoms with Crippen molar-refractivity contribution < 1.29 is 36.5 Å². The first-order chi connectivity index (χ1) is 19.2. The van der Waals surface area contributed by atoms with Crippen molar-refractivity contribution >= 4 is 0 Å². The molecular weight excluding hydrogens is 529 g/mol. The summed E-state index contributed by atoms with van der Waals surface area (Å²) >= 11 is 0. The summed E-state index contributed by atoms with van der Waals surface area (Å²) in [5, 5.41) is 4.63. The fraction of sp³-hybridized carbons (Fsp3) is 0.179. The fourth-order valence-electron chi connectivity index (χ4n) is 4.10. The maximum absolute atomic E-state index is 13.9. The van der Waals surface area contributed by atoms with Gasteiger partial charge in [0.15, 0.2) is 34.5 Å². The maximum Gasteiger partial charge on any atom is 0.433 e. The first-order valence-electron chi connectivity index (χ1n) is 11.8. The second-order valence-electron chi connectivity index (χ2n) is 8.38. The van der Waals surface area contributed by atoms with Crippen LogP contribution in [-0.2, 0) is 6.18 Å². The monoisotopic (exact) mass is 552 g/mol. The van der Waals surface area contributed by atoms with E-state index >= 15 is 0 Å². The van der Waals surface area contributed by atoms with Crippen LogP contribution in [0.25, 0.3) is 39.9 Å². The second kappa shape index (κ2) is 10.6. The third kappa shape index (κ3) is 5.03. The lowest BCUT2D eigenvalue weighted by atomic mass is 10.1. The number of furan rings is 1. The molecule has 0 aliphatic carbocycles. The molecule has 0 aliphatic heterocycles. The number of ether oxygens (including phenoxy) is 4. The molecular formula is C28H23F3N4O5. The lowest BCUT2D eigenvalue weighted by Gasteiger charge is -2.13. The molecule has 0 fully saturated rings. The molecule has 0 N–H and O–H groups in total. The molecule has 0 bridgehead atoms. The number of rotatable bonds is 8. The van der Waals surface area contributed by atoms with E-state index in [1.54, 1.807) is 48.5 Å². The molecule has 5 rings (SSSR count). The van der Waals surface area contributed by atoms with Gasteiger partial charge in [-0.15, -0.1) is 0 Å². The predicted octanol–water partition coefficient (Wildman–Crippen LogP) is 6.31. The summed E-state index contributed by atoms with van der Waals surface area (Å²) < 4.78 is 69.9. The van der Waals surface area contributed by atoms with Gasteiger partial charge in [-0.05, 0) is 60.7 Å². The lowest BCUT2D eigenvalue weighted by Crippen LogP contribution is -2.14. The summed E-state index contributed by atoms with van der Waals surface area (Å²) in [5.41, 5.74) is 0.810. The molecule has 3 heterocycles. The van der Waals surface area contributed by atoms with Crippen LogP contribution in [0.4, 0.5) is 13.2 Å². The molecule has 0 aliphatic rings. The Bertz CT molecular complexity index is 1650. The number of alkyl halides is 3. The molecule has 40 heavy (non-hydrogen) atoms. The Kier molecular flexibility index (Phi) is 7.07. The Balaban J connectivity index is 1.76. The Hall–Kier alpha value is -5.00. The molecule has 0 radical (unpaired) electrons. The molecule has 0 spiro atoms. The largest absolute Gasteiger partial charge is 0.493 e. The third-order valence-corrected chi connectivity index (χ3v) is 6.04. The molecule has 5 aromatic rings. The van der Waals surface area contributed by atoms with Gasteiger partial charge in [-0.2, -0.15) is 23.0 Å². The lowest BCUT2D eigenvalue weighted by molar-refractivity contribution is -0.141. The zero-order valence-electron chi connectivity index (χ0n) is 21.8. The van der Waals surface area contributed by atoms with Gasteiger partial charge in [0.25, 0.3) is 5.95 Å². The number of methoxy groups -OCH3 is 4. The van der Waals surface area contributed by atoms with Crippen molar-refractivity contribution in [2.75, 3.05) is 28.4 Å². The number of benzene rings is 2. The van der Waals surface area contributed by atoms with Gasteiger partial charge in [0.05, 0.1) is 46.1 Å². The standard InChI is InChI=1S/C28H23F3N4O5/c1-36-22-9-7-16(12-24(22)38-3)18-14-20(17-8-10-23(37-2)25(13-17)39-4)35(34-18)27-32-19(21-6-5-11-40-21)15-26(33-27)28(29,30)31/h5-15H,1-4H3. The van der Waals surface area contributed by atoms with Gasteiger partial charge >= 0.3 is 6.18 Å². The Labute approximate surface area is 226 Å². The van der Waals surface area contributed by atoms with Crippen molar-refractivity contribution in [3.05, 3.63) is 72.6 Å². The van der Waals surface area contributed by atoms with Crippen LogP contribution in [0.5, 0.6) is 23.0 Å². The summed E-state index contributed by atoms with van der Waals surface area (Å²) in [6.45, 7) is 0. The SMILES string of the molecule is COc1ccc(-c2cc(-c3ccc(OC)c(OC)c3)n(-c3nc(-c4ccco4)cc(C(F)(F)F)n3)n2)cc1OC. The average molecular weight is 553 g/mol. The van der Waals surface area contributed by atoms with Crippen LogP contribution in [-0.4, -0.2) is 48.2 Å². The fourth-order valence-corrected chi connectivity index (χ4v) is 4.10. The van der Waals surface area contributed by atoms with Gasteiger partial charge in [0.2, 0.25) is 0 Å². The van der Waals surface area contributed by atoms with E-state index in [2.05, 4.69) is 15.1 Å². The Morgan fingerprint density at radius 1 is 0.700 bits per heavy atom. The number of hydrogen-bond acceptors (Lipinski definition) is 8. The highest BCUT2D eigenvalue weighted by Crippen LogP contribution is 2.38. The second-order valence-corrected chi connectivity index (χ2v) is 8.38. The topological polar surface area (TPSA) is 93.7 Å². The van der Waals surface area contributed by atoms with E-state index in [9.17, 15) is 13.2 Å². The van der Waals surface area contributed by atoms with E-state index in [1.165, 1.54) is 45.5 Å². The summed E-state index contributed by atoms with van der Waals surface area (Å²) in [6.07, 6.45) is -3.40. The minimum absolute atomic E-state index is 0.0521. The van der Waals surface area contributed by atoms with E-state index in [0.717, 1.165) is 6.07 Å². The predicted molar refractivity (Wildman–Crippen MR) is 139 cm³/mol. The molecule has 12 heteroatoms. The van der Waals surface area contributed by atoms with Crippen molar-refractivity contribution in [3.63, 3.8) is 0 Å². The molecule has 206 valence electrons. The van der Waals surface area contributed by atoms with Crippen molar-refractivity contribution in [1.82, 2.24) is 19.7 Å². The van der Waals surface area contributed by atoms with Gasteiger partial charge < -0.3 is 23.4 Å². The van der Waals surface area contributed by atoms with E-state index in [0.29, 0.717) is 45.5 Å². The van der Waals surface area contributed by atoms with Crippen molar-refractivity contribution in [2.45, 2.75) is 6.18 Å². The Morgan fingerprint density at radius 3 is 1.90 bits per heavy atom. The molecule has 0 saturated carbocycles. The quantitative estimate of drug-likeness (QED) is 0.221. The highest BCUT2D eigenvalue weighted by atomic mass is 19.4. The van der Waals surface area contributed by atoms with Gasteiger partial charge in [-0.25, -0.2) is 9.97 Å². The minimum atomic E-state index is -4.75. The van der Waals surface area contributed by atoms with Crippen LogP contribution < -0.4 is 18.9 Å². The molecule has 0 saturated heterocycles. The van der Waals surface area contributed by atoms with Crippen LogP contribution in [0.15, 0.2) is 71.3 Å². The summed E-state index contributed by atoms with van der Waals surface area (Å²) in [5.74, 6) is 1.70. The van der Waals surface area contributed by atoms with Gasteiger partial charge in [0, 0.05) is 11.1 Å². The van der Waals surface area contributed by atoms with Crippen LogP contribution in [0.2, 0.25) is 0 Å². The normalized spacial score (nSPS) is 11.4. The van der Waals surface area contributed by atoms with Crippen LogP contribution >= 0.6 is 0 Å². The average Bonchev–Trinajstić information content (AvgIpc) is 3.67. The number of hydrogen-bond donors (Lipinski definition) is 0. The summed E-state index contributed by atoms with van der Waals surface area (Å²) in [6, 6.07) is 15.9. The van der Waals surface area contributed by atoms with E-state index in [4.69, 9.17) is 23.4 Å². The first kappa shape index (κ1) is 26.6. The maximum atomic E-state index is 13.9. The Morgan fingerprint density at radius 2 is 1.32 bits per heavy atom. The molecule has 0 unspecified atom stereocenters. The van der Waals surface area contributed by atoms with Crippen molar-refractivity contribution in [3.8, 4) is 62.9 Å². The van der Waals surface area contributed by atoms with Crippen LogP contribution in [0.3, 0.4) is 0 Å². The molecule has 3 aromatic heterocycles. The molecule has 9 nitrogen and oxygen atoms in total. The summed E-state index contributed by atoms with van der Waals surface area (Å²) in [7, 11) is 6.01. The summed E-state index contributed by atoms with van der Waals surface area (Å²) in [4.78, 5) is 8.22. The van der Waals surface area contributed by atoms with E-state index < -0.39 is 11.9 Å². The van der Waals surface area contributed by atoms with E-state index in [-0.39, 0.29) is 17.4 Å². The third-order valence-electron chi connectivity index (χ3n) is 6.04.